The molecule has 3 heteroatoms. The first kappa shape index (κ1) is 8.01. The second-order valence-corrected chi connectivity index (χ2v) is 3.12. The fraction of sp³-hybridized carbons (Fsp3) is 0.125. The van der Waals surface area contributed by atoms with Gasteiger partial charge in [0, 0.05) is 4.88 Å². The predicted octanol–water partition coefficient (Wildman–Crippen LogP) is 2.48. The van der Waals surface area contributed by atoms with Gasteiger partial charge in [0.1, 0.15) is 4.88 Å². The fourth-order valence-corrected chi connectivity index (χ4v) is 1.54. The van der Waals surface area contributed by atoms with Gasteiger partial charge in [-0.15, -0.1) is 11.3 Å². The Balaban J connectivity index is 2.90. The zero-order chi connectivity index (χ0) is 8.27. The molecule has 0 spiro atoms. The van der Waals surface area contributed by atoms with Gasteiger partial charge in [-0.25, -0.2) is 4.79 Å². The molecule has 0 atom stereocenters. The largest absolute Gasteiger partial charge is 0.477 e. The van der Waals surface area contributed by atoms with Gasteiger partial charge in [0.2, 0.25) is 0 Å². The minimum atomic E-state index is -0.856. The van der Waals surface area contributed by atoms with Crippen LogP contribution in [0.2, 0.25) is 0 Å². The van der Waals surface area contributed by atoms with Gasteiger partial charge in [-0.1, -0.05) is 6.08 Å². The summed E-state index contributed by atoms with van der Waals surface area (Å²) in [6, 6.07) is 3.41. The van der Waals surface area contributed by atoms with Gasteiger partial charge in [-0.05, 0) is 25.1 Å². The summed E-state index contributed by atoms with van der Waals surface area (Å²) in [6.07, 6.45) is 3.77. The zero-order valence-electron chi connectivity index (χ0n) is 6.07. The van der Waals surface area contributed by atoms with Crippen molar-refractivity contribution in [3.8, 4) is 0 Å². The molecular weight excluding hydrogens is 160 g/mol. The van der Waals surface area contributed by atoms with E-state index in [0.717, 1.165) is 4.88 Å². The van der Waals surface area contributed by atoms with E-state index in [2.05, 4.69) is 0 Å². The van der Waals surface area contributed by atoms with Gasteiger partial charge in [0.15, 0.2) is 0 Å². The van der Waals surface area contributed by atoms with Crippen molar-refractivity contribution in [1.82, 2.24) is 0 Å². The lowest BCUT2D eigenvalue weighted by molar-refractivity contribution is 0.0702. The Kier molecular flexibility index (Phi) is 2.44. The number of carbonyl (C=O) groups is 1. The lowest BCUT2D eigenvalue weighted by atomic mass is 10.4. The molecule has 0 fully saturated rings. The highest BCUT2D eigenvalue weighted by molar-refractivity contribution is 7.14. The Morgan fingerprint density at radius 2 is 2.36 bits per heavy atom. The number of thiophene rings is 1. The number of aromatic carboxylic acids is 1. The molecule has 0 aromatic carbocycles. The number of carboxylic acid groups (broad SMARTS) is 1. The van der Waals surface area contributed by atoms with E-state index in [-0.39, 0.29) is 0 Å². The van der Waals surface area contributed by atoms with Crippen molar-refractivity contribution < 1.29 is 9.90 Å². The van der Waals surface area contributed by atoms with Gasteiger partial charge in [0.25, 0.3) is 0 Å². The molecule has 0 bridgehead atoms. The van der Waals surface area contributed by atoms with Gasteiger partial charge in [-0.2, -0.15) is 0 Å². The zero-order valence-corrected chi connectivity index (χ0v) is 6.89. The van der Waals surface area contributed by atoms with Gasteiger partial charge >= 0.3 is 5.97 Å². The van der Waals surface area contributed by atoms with E-state index in [0.29, 0.717) is 4.88 Å². The topological polar surface area (TPSA) is 37.3 Å². The van der Waals surface area contributed by atoms with Crippen LogP contribution in [-0.2, 0) is 0 Å². The second-order valence-electron chi connectivity index (χ2n) is 2.01. The Morgan fingerprint density at radius 3 is 2.82 bits per heavy atom. The first-order valence-corrected chi connectivity index (χ1v) is 4.01. The van der Waals surface area contributed by atoms with Crippen molar-refractivity contribution in [2.75, 3.05) is 0 Å². The molecule has 1 N–H and O–H groups in total. The van der Waals surface area contributed by atoms with E-state index in [4.69, 9.17) is 5.11 Å². The van der Waals surface area contributed by atoms with Gasteiger partial charge < -0.3 is 5.11 Å². The Hall–Kier alpha value is -1.09. The summed E-state index contributed by atoms with van der Waals surface area (Å²) in [5.41, 5.74) is 0. The predicted molar refractivity (Wildman–Crippen MR) is 46.0 cm³/mol. The molecule has 0 aliphatic carbocycles. The van der Waals surface area contributed by atoms with Crippen LogP contribution in [0.25, 0.3) is 6.08 Å². The molecule has 1 heterocycles. The van der Waals surface area contributed by atoms with Crippen LogP contribution < -0.4 is 0 Å². The van der Waals surface area contributed by atoms with E-state index in [1.807, 2.05) is 19.1 Å². The summed E-state index contributed by atoms with van der Waals surface area (Å²) in [5, 5.41) is 8.55. The molecule has 1 aromatic heterocycles. The molecular formula is C8H8O2S. The molecule has 11 heavy (non-hydrogen) atoms. The smallest absolute Gasteiger partial charge is 0.345 e. The normalized spacial score (nSPS) is 10.6. The number of carboxylic acids is 1. The summed E-state index contributed by atoms with van der Waals surface area (Å²) in [5.74, 6) is -0.856. The lowest BCUT2D eigenvalue weighted by Gasteiger charge is -1.81. The van der Waals surface area contributed by atoms with Gasteiger partial charge in [0.05, 0.1) is 0 Å². The molecule has 0 amide bonds. The number of hydrogen-bond acceptors (Lipinski definition) is 2. The Labute approximate surface area is 68.8 Å². The van der Waals surface area contributed by atoms with Crippen molar-refractivity contribution in [2.24, 2.45) is 0 Å². The molecule has 0 unspecified atom stereocenters. The minimum absolute atomic E-state index is 0.387. The SMILES string of the molecule is CC=Cc1ccc(C(=O)O)s1. The van der Waals surface area contributed by atoms with Gasteiger partial charge in [-0.3, -0.25) is 0 Å². The first-order chi connectivity index (χ1) is 5.24. The molecule has 0 radical (unpaired) electrons. The highest BCUT2D eigenvalue weighted by Gasteiger charge is 2.03. The molecule has 2 nitrogen and oxygen atoms in total. The standard InChI is InChI=1S/C8H8O2S/c1-2-3-6-4-5-7(11-6)8(9)10/h2-5H,1H3,(H,9,10). The highest BCUT2D eigenvalue weighted by atomic mass is 32.1. The number of allylic oxidation sites excluding steroid dienone is 1. The Morgan fingerprint density at radius 1 is 1.64 bits per heavy atom. The van der Waals surface area contributed by atoms with Crippen LogP contribution in [0.4, 0.5) is 0 Å². The summed E-state index contributed by atoms with van der Waals surface area (Å²) in [4.78, 5) is 11.8. The average Bonchev–Trinajstić information content (AvgIpc) is 2.37. The molecule has 1 rings (SSSR count). The molecule has 0 saturated heterocycles. The summed E-state index contributed by atoms with van der Waals surface area (Å²) in [6.45, 7) is 1.90. The second kappa shape index (κ2) is 3.34. The number of rotatable bonds is 2. The molecule has 0 saturated carbocycles. The maximum absolute atomic E-state index is 10.4. The van der Waals surface area contributed by atoms with Crippen molar-refractivity contribution in [3.63, 3.8) is 0 Å². The quantitative estimate of drug-likeness (QED) is 0.736. The lowest BCUT2D eigenvalue weighted by Crippen LogP contribution is -1.89. The third-order valence-electron chi connectivity index (χ3n) is 1.17. The Bertz CT molecular complexity index is 286. The third-order valence-corrected chi connectivity index (χ3v) is 2.21. The highest BCUT2D eigenvalue weighted by Crippen LogP contribution is 2.17. The van der Waals surface area contributed by atoms with Crippen molar-refractivity contribution in [1.29, 1.82) is 0 Å². The molecule has 0 aliphatic rings. The van der Waals surface area contributed by atoms with Crippen LogP contribution >= 0.6 is 11.3 Å². The summed E-state index contributed by atoms with van der Waals surface area (Å²) in [7, 11) is 0. The maximum atomic E-state index is 10.4. The third kappa shape index (κ3) is 1.91. The number of hydrogen-bond donors (Lipinski definition) is 1. The van der Waals surface area contributed by atoms with E-state index < -0.39 is 5.97 Å². The summed E-state index contributed by atoms with van der Waals surface area (Å²) < 4.78 is 0. The van der Waals surface area contributed by atoms with Crippen molar-refractivity contribution >= 4 is 23.4 Å². The molecule has 1 aromatic rings. The van der Waals surface area contributed by atoms with Crippen molar-refractivity contribution in [3.05, 3.63) is 28.0 Å². The first-order valence-electron chi connectivity index (χ1n) is 3.20. The fourth-order valence-electron chi connectivity index (χ4n) is 0.722. The van der Waals surface area contributed by atoms with Crippen LogP contribution in [0.3, 0.4) is 0 Å². The van der Waals surface area contributed by atoms with E-state index in [9.17, 15) is 4.79 Å². The van der Waals surface area contributed by atoms with Crippen LogP contribution in [0, 0.1) is 0 Å². The molecule has 0 aliphatic heterocycles. The van der Waals surface area contributed by atoms with Crippen molar-refractivity contribution in [2.45, 2.75) is 6.92 Å². The molecule has 58 valence electrons. The monoisotopic (exact) mass is 168 g/mol. The van der Waals surface area contributed by atoms with E-state index in [1.165, 1.54) is 11.3 Å². The van der Waals surface area contributed by atoms with Crippen LogP contribution in [-0.4, -0.2) is 11.1 Å². The van der Waals surface area contributed by atoms with Crippen LogP contribution in [0.15, 0.2) is 18.2 Å². The van der Waals surface area contributed by atoms with E-state index >= 15 is 0 Å². The summed E-state index contributed by atoms with van der Waals surface area (Å²) >= 11 is 1.28. The van der Waals surface area contributed by atoms with E-state index in [1.54, 1.807) is 12.1 Å². The van der Waals surface area contributed by atoms with Crippen LogP contribution in [0.1, 0.15) is 21.5 Å². The maximum Gasteiger partial charge on any atom is 0.345 e. The average molecular weight is 168 g/mol. The van der Waals surface area contributed by atoms with Crippen LogP contribution in [0.5, 0.6) is 0 Å². The minimum Gasteiger partial charge on any atom is -0.477 e.